The molecule has 0 aromatic carbocycles. The van der Waals surface area contributed by atoms with Gasteiger partial charge in [0.25, 0.3) is 0 Å². The summed E-state index contributed by atoms with van der Waals surface area (Å²) < 4.78 is 0. The van der Waals surface area contributed by atoms with Crippen molar-refractivity contribution in [2.45, 2.75) is 52.4 Å². The lowest BCUT2D eigenvalue weighted by Crippen LogP contribution is -2.31. The van der Waals surface area contributed by atoms with Crippen molar-refractivity contribution in [2.75, 3.05) is 26.7 Å². The third-order valence-corrected chi connectivity index (χ3v) is 3.52. The molecular weight excluding hydrogens is 226 g/mol. The molecule has 0 radical (unpaired) electrons. The predicted molar refractivity (Wildman–Crippen MR) is 78.0 cm³/mol. The van der Waals surface area contributed by atoms with Gasteiger partial charge < -0.3 is 15.7 Å². The Morgan fingerprint density at radius 1 is 1.11 bits per heavy atom. The van der Waals surface area contributed by atoms with Crippen LogP contribution in [0.25, 0.3) is 0 Å². The van der Waals surface area contributed by atoms with Gasteiger partial charge in [0.15, 0.2) is 0 Å². The lowest BCUT2D eigenvalue weighted by atomic mass is 9.86. The van der Waals surface area contributed by atoms with Gasteiger partial charge in [-0.25, -0.2) is 0 Å². The Labute approximate surface area is 112 Å². The zero-order chi connectivity index (χ0) is 14.0. The standard InChI is InChI=1S/C14H31N3O/c1-14(2,13(15)16)9-5-7-11-17(3)10-6-4-8-12-18/h18H,4-12H2,1-3H3,(H3,15,16). The number of amidine groups is 1. The first-order valence-electron chi connectivity index (χ1n) is 7.04. The van der Waals surface area contributed by atoms with Crippen LogP contribution in [0, 0.1) is 10.8 Å². The van der Waals surface area contributed by atoms with Crippen molar-refractivity contribution in [1.82, 2.24) is 4.90 Å². The quantitative estimate of drug-likeness (QED) is 0.302. The third kappa shape index (κ3) is 8.48. The van der Waals surface area contributed by atoms with Gasteiger partial charge in [-0.1, -0.05) is 20.3 Å². The van der Waals surface area contributed by atoms with Crippen LogP contribution in [0.3, 0.4) is 0 Å². The maximum absolute atomic E-state index is 8.68. The number of unbranched alkanes of at least 4 members (excludes halogenated alkanes) is 3. The molecule has 0 fully saturated rings. The first-order valence-corrected chi connectivity index (χ1v) is 7.04. The molecule has 0 unspecified atom stereocenters. The third-order valence-electron chi connectivity index (χ3n) is 3.52. The Hall–Kier alpha value is -0.610. The van der Waals surface area contributed by atoms with Crippen molar-refractivity contribution < 1.29 is 5.11 Å². The van der Waals surface area contributed by atoms with Gasteiger partial charge in [-0.2, -0.15) is 0 Å². The zero-order valence-corrected chi connectivity index (χ0v) is 12.3. The molecule has 0 aromatic rings. The van der Waals surface area contributed by atoms with E-state index in [2.05, 4.69) is 11.9 Å². The van der Waals surface area contributed by atoms with E-state index in [9.17, 15) is 0 Å². The first kappa shape index (κ1) is 17.4. The smallest absolute Gasteiger partial charge is 0.0963 e. The van der Waals surface area contributed by atoms with Crippen LogP contribution in [0.4, 0.5) is 0 Å². The molecule has 0 aromatic heterocycles. The van der Waals surface area contributed by atoms with Gasteiger partial charge in [0.1, 0.15) is 0 Å². The van der Waals surface area contributed by atoms with Crippen LogP contribution < -0.4 is 5.73 Å². The summed E-state index contributed by atoms with van der Waals surface area (Å²) in [4.78, 5) is 2.35. The fourth-order valence-electron chi connectivity index (χ4n) is 1.87. The van der Waals surface area contributed by atoms with Crippen LogP contribution in [0.15, 0.2) is 0 Å². The van der Waals surface area contributed by atoms with Crippen molar-refractivity contribution in [3.63, 3.8) is 0 Å². The van der Waals surface area contributed by atoms with Crippen LogP contribution in [-0.4, -0.2) is 42.6 Å². The molecule has 0 bridgehead atoms. The second-order valence-electron chi connectivity index (χ2n) is 5.84. The summed E-state index contributed by atoms with van der Waals surface area (Å²) in [5, 5.41) is 16.2. The maximum atomic E-state index is 8.68. The van der Waals surface area contributed by atoms with E-state index in [1.807, 2.05) is 13.8 Å². The lowest BCUT2D eigenvalue weighted by molar-refractivity contribution is 0.270. The van der Waals surface area contributed by atoms with Gasteiger partial charge in [-0.3, -0.25) is 5.41 Å². The number of nitrogens with two attached hydrogens (primary N) is 1. The van der Waals surface area contributed by atoms with E-state index < -0.39 is 0 Å². The summed E-state index contributed by atoms with van der Waals surface area (Å²) in [7, 11) is 2.15. The van der Waals surface area contributed by atoms with Crippen molar-refractivity contribution in [3.05, 3.63) is 0 Å². The summed E-state index contributed by atoms with van der Waals surface area (Å²) in [5.74, 6) is 0.292. The second-order valence-corrected chi connectivity index (χ2v) is 5.84. The highest BCUT2D eigenvalue weighted by atomic mass is 16.2. The summed E-state index contributed by atoms with van der Waals surface area (Å²) in [6, 6.07) is 0. The molecule has 0 saturated carbocycles. The Morgan fingerprint density at radius 3 is 2.17 bits per heavy atom. The number of hydrogen-bond acceptors (Lipinski definition) is 3. The molecule has 0 atom stereocenters. The molecule has 0 aliphatic carbocycles. The number of rotatable bonds is 11. The van der Waals surface area contributed by atoms with Crippen molar-refractivity contribution >= 4 is 5.84 Å². The van der Waals surface area contributed by atoms with E-state index in [0.717, 1.165) is 51.6 Å². The van der Waals surface area contributed by atoms with Crippen molar-refractivity contribution in [1.29, 1.82) is 5.41 Å². The molecule has 0 spiro atoms. The van der Waals surface area contributed by atoms with Gasteiger partial charge >= 0.3 is 0 Å². The minimum absolute atomic E-state index is 0.153. The molecular formula is C14H31N3O. The van der Waals surface area contributed by atoms with E-state index in [4.69, 9.17) is 16.2 Å². The number of nitrogens with one attached hydrogen (secondary N) is 1. The highest BCUT2D eigenvalue weighted by molar-refractivity contribution is 5.82. The second kappa shape index (κ2) is 9.34. The molecule has 0 aliphatic rings. The molecule has 0 rings (SSSR count). The predicted octanol–water partition coefficient (Wildman–Crippen LogP) is 2.21. The first-order chi connectivity index (χ1) is 8.40. The fourth-order valence-corrected chi connectivity index (χ4v) is 1.87. The maximum Gasteiger partial charge on any atom is 0.0963 e. The summed E-state index contributed by atoms with van der Waals surface area (Å²) in [6.45, 7) is 6.59. The Balaban J connectivity index is 3.51. The normalized spacial score (nSPS) is 12.1. The molecule has 0 aliphatic heterocycles. The Kier molecular flexibility index (Phi) is 9.02. The Morgan fingerprint density at radius 2 is 1.67 bits per heavy atom. The van der Waals surface area contributed by atoms with E-state index in [-0.39, 0.29) is 5.41 Å². The average molecular weight is 257 g/mol. The van der Waals surface area contributed by atoms with Gasteiger partial charge in [0, 0.05) is 12.0 Å². The van der Waals surface area contributed by atoms with Gasteiger partial charge in [-0.15, -0.1) is 0 Å². The lowest BCUT2D eigenvalue weighted by Gasteiger charge is -2.23. The van der Waals surface area contributed by atoms with Crippen molar-refractivity contribution in [3.8, 4) is 0 Å². The van der Waals surface area contributed by atoms with E-state index in [0.29, 0.717) is 12.4 Å². The van der Waals surface area contributed by atoms with E-state index >= 15 is 0 Å². The SMILES string of the molecule is CN(CCCCCO)CCCCC(C)(C)C(=N)N. The van der Waals surface area contributed by atoms with Crippen LogP contribution in [0.2, 0.25) is 0 Å². The average Bonchev–Trinajstić information content (AvgIpc) is 2.30. The highest BCUT2D eigenvalue weighted by Gasteiger charge is 2.20. The summed E-state index contributed by atoms with van der Waals surface area (Å²) in [5.41, 5.74) is 5.41. The molecule has 0 saturated heterocycles. The van der Waals surface area contributed by atoms with E-state index in [1.165, 1.54) is 0 Å². The van der Waals surface area contributed by atoms with E-state index in [1.54, 1.807) is 0 Å². The molecule has 0 heterocycles. The number of aliphatic hydroxyl groups excluding tert-OH is 1. The topological polar surface area (TPSA) is 73.3 Å². The molecule has 0 amide bonds. The number of aliphatic hydroxyl groups is 1. The number of hydrogen-bond donors (Lipinski definition) is 3. The van der Waals surface area contributed by atoms with Gasteiger partial charge in [0.05, 0.1) is 5.84 Å². The largest absolute Gasteiger partial charge is 0.396 e. The fraction of sp³-hybridized carbons (Fsp3) is 0.929. The molecule has 4 heteroatoms. The summed E-state index contributed by atoms with van der Waals surface area (Å²) >= 11 is 0. The monoisotopic (exact) mass is 257 g/mol. The number of nitrogens with zero attached hydrogens (tertiary/aromatic N) is 1. The Bertz CT molecular complexity index is 229. The minimum Gasteiger partial charge on any atom is -0.396 e. The van der Waals surface area contributed by atoms with Crippen LogP contribution in [0.1, 0.15) is 52.4 Å². The van der Waals surface area contributed by atoms with Crippen LogP contribution in [0.5, 0.6) is 0 Å². The molecule has 4 nitrogen and oxygen atoms in total. The molecule has 18 heavy (non-hydrogen) atoms. The minimum atomic E-state index is -0.153. The van der Waals surface area contributed by atoms with Crippen LogP contribution >= 0.6 is 0 Å². The highest BCUT2D eigenvalue weighted by Crippen LogP contribution is 2.22. The van der Waals surface area contributed by atoms with Crippen molar-refractivity contribution in [2.24, 2.45) is 11.1 Å². The summed E-state index contributed by atoms with van der Waals surface area (Å²) in [6.07, 6.45) is 6.45. The van der Waals surface area contributed by atoms with Gasteiger partial charge in [0.2, 0.25) is 0 Å². The zero-order valence-electron chi connectivity index (χ0n) is 12.3. The van der Waals surface area contributed by atoms with Gasteiger partial charge in [-0.05, 0) is 52.2 Å². The van der Waals surface area contributed by atoms with Crippen LogP contribution in [-0.2, 0) is 0 Å². The molecule has 108 valence electrons. The molecule has 4 N–H and O–H groups in total.